The van der Waals surface area contributed by atoms with Crippen molar-refractivity contribution in [1.82, 2.24) is 24.8 Å². The van der Waals surface area contributed by atoms with E-state index in [0.29, 0.717) is 43.2 Å². The van der Waals surface area contributed by atoms with Gasteiger partial charge >= 0.3 is 6.18 Å². The topological polar surface area (TPSA) is 87.0 Å². The smallest absolute Gasteiger partial charge is 0.368 e. The molecule has 0 amide bonds. The lowest BCUT2D eigenvalue weighted by Crippen LogP contribution is -2.49. The normalized spacial score (nSPS) is 17.6. The Morgan fingerprint density at radius 2 is 1.90 bits per heavy atom. The van der Waals surface area contributed by atoms with Gasteiger partial charge < -0.3 is 15.6 Å². The first-order valence-electron chi connectivity index (χ1n) is 6.43. The molecule has 1 saturated heterocycles. The molecule has 0 aromatic carbocycles. The minimum absolute atomic E-state index is 0.0994. The molecule has 0 saturated carbocycles. The van der Waals surface area contributed by atoms with E-state index < -0.39 is 12.7 Å². The highest BCUT2D eigenvalue weighted by atomic mass is 19.4. The number of nitrogens with zero attached hydrogens (tertiary/aromatic N) is 5. The summed E-state index contributed by atoms with van der Waals surface area (Å²) >= 11 is 0. The van der Waals surface area contributed by atoms with Crippen molar-refractivity contribution >= 4 is 22.9 Å². The van der Waals surface area contributed by atoms with Crippen LogP contribution >= 0.6 is 0 Å². The predicted molar refractivity (Wildman–Crippen MR) is 70.8 cm³/mol. The molecule has 0 spiro atoms. The van der Waals surface area contributed by atoms with Gasteiger partial charge in [-0.3, -0.25) is 4.90 Å². The molecule has 0 bridgehead atoms. The van der Waals surface area contributed by atoms with Crippen LogP contribution in [-0.2, 0) is 0 Å². The maximum atomic E-state index is 12.4. The Morgan fingerprint density at radius 3 is 2.57 bits per heavy atom. The number of aromatic nitrogens is 4. The summed E-state index contributed by atoms with van der Waals surface area (Å²) in [5, 5.41) is 0. The number of imidazole rings is 1. The number of alkyl halides is 3. The molecule has 0 aliphatic carbocycles. The second-order valence-electron chi connectivity index (χ2n) is 4.88. The molecular formula is C11H14F3N7. The first kappa shape index (κ1) is 13.9. The molecule has 1 aliphatic rings. The molecule has 7 nitrogen and oxygen atoms in total. The zero-order valence-corrected chi connectivity index (χ0v) is 11.1. The Morgan fingerprint density at radius 1 is 1.19 bits per heavy atom. The molecule has 1 fully saturated rings. The van der Waals surface area contributed by atoms with Crippen LogP contribution in [0.4, 0.5) is 24.9 Å². The van der Waals surface area contributed by atoms with Gasteiger partial charge in [-0.2, -0.15) is 23.1 Å². The number of fused-ring (bicyclic) bond motifs is 1. The van der Waals surface area contributed by atoms with Gasteiger partial charge in [0, 0.05) is 26.2 Å². The number of hydrogen-bond acceptors (Lipinski definition) is 6. The summed E-state index contributed by atoms with van der Waals surface area (Å²) in [5.41, 5.74) is 6.74. The molecule has 3 heterocycles. The molecule has 10 heteroatoms. The minimum atomic E-state index is -4.17. The van der Waals surface area contributed by atoms with E-state index >= 15 is 0 Å². The zero-order chi connectivity index (χ0) is 15.0. The molecule has 3 rings (SSSR count). The van der Waals surface area contributed by atoms with E-state index in [1.807, 2.05) is 4.90 Å². The number of nitrogens with one attached hydrogen (secondary N) is 1. The molecule has 0 radical (unpaired) electrons. The van der Waals surface area contributed by atoms with Crippen molar-refractivity contribution in [3.05, 3.63) is 6.33 Å². The molecule has 2 aromatic heterocycles. The summed E-state index contributed by atoms with van der Waals surface area (Å²) in [6.45, 7) is 0.644. The number of H-pyrrole nitrogens is 1. The van der Waals surface area contributed by atoms with Crippen LogP contribution in [0.2, 0.25) is 0 Å². The van der Waals surface area contributed by atoms with Crippen LogP contribution in [0, 0.1) is 0 Å². The van der Waals surface area contributed by atoms with Crippen molar-refractivity contribution in [3.63, 3.8) is 0 Å². The van der Waals surface area contributed by atoms with Gasteiger partial charge in [0.25, 0.3) is 0 Å². The molecule has 1 aliphatic heterocycles. The van der Waals surface area contributed by atoms with Crippen LogP contribution in [0.25, 0.3) is 11.2 Å². The number of rotatable bonds is 2. The van der Waals surface area contributed by atoms with Gasteiger partial charge in [0.15, 0.2) is 11.5 Å². The van der Waals surface area contributed by atoms with Gasteiger partial charge in [0.05, 0.1) is 12.9 Å². The van der Waals surface area contributed by atoms with Gasteiger partial charge in [-0.1, -0.05) is 0 Å². The summed E-state index contributed by atoms with van der Waals surface area (Å²) in [6.07, 6.45) is -2.68. The van der Waals surface area contributed by atoms with E-state index in [4.69, 9.17) is 5.73 Å². The van der Waals surface area contributed by atoms with Crippen LogP contribution < -0.4 is 10.6 Å². The molecule has 2 aromatic rings. The fourth-order valence-corrected chi connectivity index (χ4v) is 2.43. The summed E-state index contributed by atoms with van der Waals surface area (Å²) in [7, 11) is 0. The lowest BCUT2D eigenvalue weighted by molar-refractivity contribution is -0.146. The second kappa shape index (κ2) is 5.02. The third-order valence-corrected chi connectivity index (χ3v) is 3.36. The number of hydrogen-bond donors (Lipinski definition) is 2. The number of piperazine rings is 1. The van der Waals surface area contributed by atoms with Crippen molar-refractivity contribution in [2.45, 2.75) is 6.18 Å². The number of nitrogen functional groups attached to an aromatic ring is 1. The average molecular weight is 301 g/mol. The largest absolute Gasteiger partial charge is 0.401 e. The van der Waals surface area contributed by atoms with Crippen molar-refractivity contribution in [2.75, 3.05) is 43.4 Å². The Labute approximate surface area is 118 Å². The van der Waals surface area contributed by atoms with Crippen LogP contribution in [0.3, 0.4) is 0 Å². The summed E-state index contributed by atoms with van der Waals surface area (Å²) < 4.78 is 37.1. The maximum absolute atomic E-state index is 12.4. The number of halogens is 3. The fraction of sp³-hybridized carbons (Fsp3) is 0.545. The Balaban J connectivity index is 1.75. The molecule has 114 valence electrons. The van der Waals surface area contributed by atoms with E-state index in [9.17, 15) is 13.2 Å². The predicted octanol–water partition coefficient (Wildman–Crippen LogP) is 0.619. The third-order valence-electron chi connectivity index (χ3n) is 3.36. The highest BCUT2D eigenvalue weighted by Gasteiger charge is 2.32. The summed E-state index contributed by atoms with van der Waals surface area (Å²) in [5.74, 6) is 0.684. The van der Waals surface area contributed by atoms with E-state index in [0.717, 1.165) is 0 Å². The molecule has 0 atom stereocenters. The van der Waals surface area contributed by atoms with Crippen LogP contribution in [0.1, 0.15) is 0 Å². The van der Waals surface area contributed by atoms with E-state index in [2.05, 4.69) is 19.9 Å². The standard InChI is InChI=1S/C11H14F3N7/c12-11(13,14)5-20-1-3-21(4-2-20)9-7-8(17-6-16-7)18-10(15)19-9/h6H,1-5H2,(H3,15,16,17,18,19). The average Bonchev–Trinajstić information content (AvgIpc) is 2.85. The van der Waals surface area contributed by atoms with Crippen LogP contribution in [0.5, 0.6) is 0 Å². The maximum Gasteiger partial charge on any atom is 0.401 e. The van der Waals surface area contributed by atoms with Gasteiger partial charge in [0.1, 0.15) is 5.52 Å². The number of aromatic amines is 1. The Bertz CT molecular complexity index is 630. The van der Waals surface area contributed by atoms with Gasteiger partial charge in [-0.05, 0) is 0 Å². The highest BCUT2D eigenvalue weighted by Crippen LogP contribution is 2.24. The minimum Gasteiger partial charge on any atom is -0.368 e. The first-order chi connectivity index (χ1) is 9.92. The number of nitrogens with two attached hydrogens (primary N) is 1. The Hall–Kier alpha value is -2.10. The van der Waals surface area contributed by atoms with Gasteiger partial charge in [0.2, 0.25) is 5.95 Å². The fourth-order valence-electron chi connectivity index (χ4n) is 2.43. The monoisotopic (exact) mass is 301 g/mol. The van der Waals surface area contributed by atoms with Gasteiger partial charge in [-0.25, -0.2) is 4.98 Å². The van der Waals surface area contributed by atoms with Crippen LogP contribution in [0.15, 0.2) is 6.33 Å². The quantitative estimate of drug-likeness (QED) is 0.845. The van der Waals surface area contributed by atoms with E-state index in [1.54, 1.807) is 0 Å². The summed E-state index contributed by atoms with van der Waals surface area (Å²) in [6, 6.07) is 0. The third kappa shape index (κ3) is 2.99. The van der Waals surface area contributed by atoms with Crippen molar-refractivity contribution in [1.29, 1.82) is 0 Å². The summed E-state index contributed by atoms with van der Waals surface area (Å²) in [4.78, 5) is 18.4. The first-order valence-corrected chi connectivity index (χ1v) is 6.43. The molecule has 21 heavy (non-hydrogen) atoms. The Kier molecular flexibility index (Phi) is 3.32. The van der Waals surface area contributed by atoms with E-state index in [-0.39, 0.29) is 5.95 Å². The SMILES string of the molecule is Nc1nc(N2CCN(CC(F)(F)F)CC2)c2[nH]cnc2n1. The van der Waals surface area contributed by atoms with Crippen LogP contribution in [-0.4, -0.2) is 63.7 Å². The molecular weight excluding hydrogens is 287 g/mol. The lowest BCUT2D eigenvalue weighted by Gasteiger charge is -2.35. The van der Waals surface area contributed by atoms with E-state index in [1.165, 1.54) is 11.2 Å². The number of anilines is 2. The van der Waals surface area contributed by atoms with Crippen molar-refractivity contribution in [3.8, 4) is 0 Å². The second-order valence-corrected chi connectivity index (χ2v) is 4.88. The zero-order valence-electron chi connectivity index (χ0n) is 11.1. The molecule has 3 N–H and O–H groups in total. The molecule has 0 unspecified atom stereocenters. The van der Waals surface area contributed by atoms with Crippen molar-refractivity contribution in [2.24, 2.45) is 0 Å². The van der Waals surface area contributed by atoms with Crippen molar-refractivity contribution < 1.29 is 13.2 Å². The lowest BCUT2D eigenvalue weighted by atomic mass is 10.3. The highest BCUT2D eigenvalue weighted by molar-refractivity contribution is 5.84. The van der Waals surface area contributed by atoms with Gasteiger partial charge in [-0.15, -0.1) is 0 Å².